The van der Waals surface area contributed by atoms with Gasteiger partial charge in [-0.3, -0.25) is 0 Å². The van der Waals surface area contributed by atoms with Crippen LogP contribution in [0.15, 0.2) is 36.9 Å². The molecule has 0 aliphatic heterocycles. The molecule has 0 bridgehead atoms. The topological polar surface area (TPSA) is 64.3 Å². The predicted molar refractivity (Wildman–Crippen MR) is 77.0 cm³/mol. The van der Waals surface area contributed by atoms with E-state index in [1.807, 2.05) is 12.1 Å². The number of aryl methyl sites for hydroxylation is 1. The predicted octanol–water partition coefficient (Wildman–Crippen LogP) is 2.02. The van der Waals surface area contributed by atoms with Crippen molar-refractivity contribution in [2.75, 3.05) is 19.7 Å². The minimum Gasteiger partial charge on any atom is -0.449 e. The van der Waals surface area contributed by atoms with Crippen LogP contribution in [-0.2, 0) is 11.2 Å². The number of nitrogens with two attached hydrogens (primary N) is 1. The second kappa shape index (κ2) is 8.32. The molecule has 0 aliphatic rings. The van der Waals surface area contributed by atoms with Gasteiger partial charge in [0.2, 0.25) is 0 Å². The molecule has 0 aromatic heterocycles. The van der Waals surface area contributed by atoms with Crippen LogP contribution in [0, 0.1) is 12.8 Å². The van der Waals surface area contributed by atoms with Crippen molar-refractivity contribution in [2.24, 2.45) is 11.7 Å². The maximum Gasteiger partial charge on any atom is 0.407 e. The van der Waals surface area contributed by atoms with Crippen LogP contribution in [0.3, 0.4) is 0 Å². The Morgan fingerprint density at radius 2 is 2.26 bits per heavy atom. The smallest absolute Gasteiger partial charge is 0.407 e. The third-order valence-electron chi connectivity index (χ3n) is 2.94. The zero-order chi connectivity index (χ0) is 14.1. The lowest BCUT2D eigenvalue weighted by molar-refractivity contribution is 0.129. The maximum atomic E-state index is 11.3. The number of alkyl carbamates (subject to hydrolysis) is 1. The number of carbonyl (C=O) groups is 1. The summed E-state index contributed by atoms with van der Waals surface area (Å²) < 4.78 is 5.13. The second-order valence-corrected chi connectivity index (χ2v) is 4.50. The summed E-state index contributed by atoms with van der Waals surface area (Å²) in [4.78, 5) is 11.3. The van der Waals surface area contributed by atoms with Gasteiger partial charge in [0.25, 0.3) is 0 Å². The average molecular weight is 262 g/mol. The Morgan fingerprint density at radius 3 is 2.89 bits per heavy atom. The standard InChI is InChI=1S/C15H22N2O2/c1-3-8-17-15(18)19-11-13(10-16)9-14-7-5-4-6-12(14)2/h3-7,13H,1,8-11,16H2,2H3,(H,17,18)/t13-/m1/s1. The Balaban J connectivity index is 2.44. The first-order chi connectivity index (χ1) is 9.17. The van der Waals surface area contributed by atoms with Gasteiger partial charge < -0.3 is 15.8 Å². The number of hydrogen-bond donors (Lipinski definition) is 2. The highest BCUT2D eigenvalue weighted by molar-refractivity contribution is 5.67. The number of benzene rings is 1. The first-order valence-corrected chi connectivity index (χ1v) is 6.43. The van der Waals surface area contributed by atoms with Gasteiger partial charge >= 0.3 is 6.09 Å². The fraction of sp³-hybridized carbons (Fsp3) is 0.400. The summed E-state index contributed by atoms with van der Waals surface area (Å²) in [6.45, 7) is 6.81. The van der Waals surface area contributed by atoms with Crippen LogP contribution < -0.4 is 11.1 Å². The van der Waals surface area contributed by atoms with Gasteiger partial charge in [0.15, 0.2) is 0 Å². The van der Waals surface area contributed by atoms with Crippen LogP contribution in [-0.4, -0.2) is 25.8 Å². The zero-order valence-electron chi connectivity index (χ0n) is 11.4. The van der Waals surface area contributed by atoms with Crippen LogP contribution in [0.5, 0.6) is 0 Å². The number of rotatable bonds is 7. The lowest BCUT2D eigenvalue weighted by atomic mass is 9.97. The van der Waals surface area contributed by atoms with E-state index in [0.717, 1.165) is 6.42 Å². The molecule has 0 radical (unpaired) electrons. The summed E-state index contributed by atoms with van der Waals surface area (Å²) in [6, 6.07) is 8.17. The zero-order valence-corrected chi connectivity index (χ0v) is 11.4. The molecule has 1 rings (SSSR count). The molecule has 0 saturated carbocycles. The molecule has 0 heterocycles. The summed E-state index contributed by atoms with van der Waals surface area (Å²) in [5.74, 6) is 0.135. The van der Waals surface area contributed by atoms with Crippen molar-refractivity contribution in [1.82, 2.24) is 5.32 Å². The summed E-state index contributed by atoms with van der Waals surface area (Å²) in [6.07, 6.45) is 2.00. The molecule has 19 heavy (non-hydrogen) atoms. The normalized spacial score (nSPS) is 11.7. The van der Waals surface area contributed by atoms with Gasteiger partial charge in [-0.2, -0.15) is 0 Å². The molecular formula is C15H22N2O2. The molecular weight excluding hydrogens is 240 g/mol. The molecule has 1 aromatic carbocycles. The van der Waals surface area contributed by atoms with Gasteiger partial charge in [-0.05, 0) is 31.0 Å². The fourth-order valence-corrected chi connectivity index (χ4v) is 1.76. The quantitative estimate of drug-likeness (QED) is 0.739. The molecule has 104 valence electrons. The van der Waals surface area contributed by atoms with E-state index in [4.69, 9.17) is 10.5 Å². The van der Waals surface area contributed by atoms with Crippen molar-refractivity contribution in [3.8, 4) is 0 Å². The Morgan fingerprint density at radius 1 is 1.53 bits per heavy atom. The number of carbonyl (C=O) groups excluding carboxylic acids is 1. The Labute approximate surface area is 114 Å². The van der Waals surface area contributed by atoms with Gasteiger partial charge in [-0.1, -0.05) is 30.3 Å². The van der Waals surface area contributed by atoms with Crippen molar-refractivity contribution in [1.29, 1.82) is 0 Å². The second-order valence-electron chi connectivity index (χ2n) is 4.50. The van der Waals surface area contributed by atoms with E-state index >= 15 is 0 Å². The van der Waals surface area contributed by atoms with Crippen molar-refractivity contribution >= 4 is 6.09 Å². The molecule has 0 unspecified atom stereocenters. The molecule has 0 spiro atoms. The van der Waals surface area contributed by atoms with E-state index in [1.165, 1.54) is 11.1 Å². The molecule has 0 aliphatic carbocycles. The summed E-state index contributed by atoms with van der Waals surface area (Å²) in [7, 11) is 0. The molecule has 1 atom stereocenters. The van der Waals surface area contributed by atoms with E-state index in [9.17, 15) is 4.79 Å². The summed E-state index contributed by atoms with van der Waals surface area (Å²) in [5.41, 5.74) is 8.21. The van der Waals surface area contributed by atoms with Gasteiger partial charge in [0, 0.05) is 12.5 Å². The van der Waals surface area contributed by atoms with Crippen LogP contribution in [0.4, 0.5) is 4.79 Å². The van der Waals surface area contributed by atoms with Crippen LogP contribution >= 0.6 is 0 Å². The van der Waals surface area contributed by atoms with E-state index < -0.39 is 6.09 Å². The lowest BCUT2D eigenvalue weighted by Crippen LogP contribution is -2.29. The first-order valence-electron chi connectivity index (χ1n) is 6.43. The molecule has 0 saturated heterocycles. The average Bonchev–Trinajstić information content (AvgIpc) is 2.43. The Hall–Kier alpha value is -1.81. The summed E-state index contributed by atoms with van der Waals surface area (Å²) in [5, 5.41) is 2.57. The lowest BCUT2D eigenvalue weighted by Gasteiger charge is -2.16. The van der Waals surface area contributed by atoms with E-state index in [0.29, 0.717) is 19.7 Å². The molecule has 1 amide bonds. The highest BCUT2D eigenvalue weighted by atomic mass is 16.5. The van der Waals surface area contributed by atoms with Crippen molar-refractivity contribution in [3.05, 3.63) is 48.0 Å². The molecule has 3 N–H and O–H groups in total. The van der Waals surface area contributed by atoms with Crippen LogP contribution in [0.25, 0.3) is 0 Å². The van der Waals surface area contributed by atoms with Crippen molar-refractivity contribution in [3.63, 3.8) is 0 Å². The van der Waals surface area contributed by atoms with Crippen molar-refractivity contribution < 1.29 is 9.53 Å². The van der Waals surface area contributed by atoms with Crippen LogP contribution in [0.1, 0.15) is 11.1 Å². The SMILES string of the molecule is C=CCNC(=O)OC[C@@H](CN)Cc1ccccc1C. The number of nitrogens with one attached hydrogen (secondary N) is 1. The third-order valence-corrected chi connectivity index (χ3v) is 2.94. The monoisotopic (exact) mass is 262 g/mol. The minimum absolute atomic E-state index is 0.135. The summed E-state index contributed by atoms with van der Waals surface area (Å²) >= 11 is 0. The van der Waals surface area contributed by atoms with Gasteiger partial charge in [0.1, 0.15) is 0 Å². The highest BCUT2D eigenvalue weighted by Gasteiger charge is 2.12. The van der Waals surface area contributed by atoms with Crippen molar-refractivity contribution in [2.45, 2.75) is 13.3 Å². The minimum atomic E-state index is -0.428. The molecule has 4 heteroatoms. The first kappa shape index (κ1) is 15.2. The number of hydrogen-bond acceptors (Lipinski definition) is 3. The van der Waals surface area contributed by atoms with Gasteiger partial charge in [-0.15, -0.1) is 6.58 Å². The molecule has 4 nitrogen and oxygen atoms in total. The number of amides is 1. The van der Waals surface area contributed by atoms with Crippen LogP contribution in [0.2, 0.25) is 0 Å². The van der Waals surface area contributed by atoms with E-state index in [2.05, 4.69) is 31.0 Å². The number of ether oxygens (including phenoxy) is 1. The Kier molecular flexibility index (Phi) is 6.68. The Bertz CT molecular complexity index is 418. The highest BCUT2D eigenvalue weighted by Crippen LogP contribution is 2.13. The largest absolute Gasteiger partial charge is 0.449 e. The molecule has 1 aromatic rings. The fourth-order valence-electron chi connectivity index (χ4n) is 1.76. The van der Waals surface area contributed by atoms with Gasteiger partial charge in [-0.25, -0.2) is 4.79 Å². The maximum absolute atomic E-state index is 11.3. The third kappa shape index (κ3) is 5.57. The van der Waals surface area contributed by atoms with E-state index in [-0.39, 0.29) is 5.92 Å². The van der Waals surface area contributed by atoms with Gasteiger partial charge in [0.05, 0.1) is 6.61 Å². The van der Waals surface area contributed by atoms with E-state index in [1.54, 1.807) is 6.08 Å². The molecule has 0 fully saturated rings.